The Balaban J connectivity index is 1.32. The van der Waals surface area contributed by atoms with Crippen LogP contribution >= 0.6 is 11.6 Å². The maximum atomic E-state index is 6.06. The predicted octanol–water partition coefficient (Wildman–Crippen LogP) is 4.88. The van der Waals surface area contributed by atoms with Crippen LogP contribution in [0.25, 0.3) is 11.1 Å². The number of nitrogens with zero attached hydrogens (tertiary/aromatic N) is 2. The van der Waals surface area contributed by atoms with Gasteiger partial charge in [-0.05, 0) is 54.8 Å². The molecule has 29 heavy (non-hydrogen) atoms. The summed E-state index contributed by atoms with van der Waals surface area (Å²) >= 11 is 6.06. The quantitative estimate of drug-likeness (QED) is 0.667. The van der Waals surface area contributed by atoms with Gasteiger partial charge in [0.15, 0.2) is 11.5 Å². The average Bonchev–Trinajstić information content (AvgIpc) is 3.24. The second-order valence-corrected chi connectivity index (χ2v) is 8.19. The van der Waals surface area contributed by atoms with Crippen molar-refractivity contribution in [3.8, 4) is 22.6 Å². The van der Waals surface area contributed by atoms with E-state index in [0.29, 0.717) is 19.1 Å². The molecule has 0 saturated carbocycles. The Kier molecular flexibility index (Phi) is 5.17. The molecule has 0 amide bonds. The predicted molar refractivity (Wildman–Crippen MR) is 114 cm³/mol. The van der Waals surface area contributed by atoms with E-state index >= 15 is 0 Å². The molecule has 1 fully saturated rings. The minimum absolute atomic E-state index is 0.439. The van der Waals surface area contributed by atoms with E-state index in [4.69, 9.17) is 21.1 Å². The van der Waals surface area contributed by atoms with Crippen molar-refractivity contribution in [1.82, 2.24) is 15.1 Å². The van der Waals surface area contributed by atoms with Gasteiger partial charge in [0.05, 0.1) is 6.20 Å². The molecule has 5 rings (SSSR count). The zero-order valence-corrected chi connectivity index (χ0v) is 17.0. The third kappa shape index (κ3) is 3.98. The highest BCUT2D eigenvalue weighted by Gasteiger charge is 2.25. The molecule has 0 aliphatic carbocycles. The minimum Gasteiger partial charge on any atom is -0.486 e. The number of piperidine rings is 1. The first-order chi connectivity index (χ1) is 14.3. The molecule has 0 bridgehead atoms. The lowest BCUT2D eigenvalue weighted by molar-refractivity contribution is 0.170. The summed E-state index contributed by atoms with van der Waals surface area (Å²) in [5.74, 6) is 2.15. The Labute approximate surface area is 175 Å². The molecule has 150 valence electrons. The van der Waals surface area contributed by atoms with Crippen molar-refractivity contribution in [2.75, 3.05) is 26.3 Å². The van der Waals surface area contributed by atoms with Crippen molar-refractivity contribution < 1.29 is 9.47 Å². The summed E-state index contributed by atoms with van der Waals surface area (Å²) in [6.07, 6.45) is 4.27. The van der Waals surface area contributed by atoms with E-state index in [1.54, 1.807) is 0 Å². The molecule has 1 N–H and O–H groups in total. The highest BCUT2D eigenvalue weighted by Crippen LogP contribution is 2.35. The van der Waals surface area contributed by atoms with Gasteiger partial charge in [-0.15, -0.1) is 0 Å². The van der Waals surface area contributed by atoms with Gasteiger partial charge in [-0.25, -0.2) is 0 Å². The van der Waals surface area contributed by atoms with Gasteiger partial charge >= 0.3 is 0 Å². The zero-order valence-electron chi connectivity index (χ0n) is 16.2. The fourth-order valence-electron chi connectivity index (χ4n) is 4.35. The summed E-state index contributed by atoms with van der Waals surface area (Å²) in [6, 6.07) is 14.3. The van der Waals surface area contributed by atoms with Crippen LogP contribution in [-0.2, 0) is 6.54 Å². The highest BCUT2D eigenvalue weighted by molar-refractivity contribution is 6.30. The summed E-state index contributed by atoms with van der Waals surface area (Å²) in [4.78, 5) is 2.52. The molecule has 1 saturated heterocycles. The molecule has 2 aliphatic heterocycles. The van der Waals surface area contributed by atoms with Crippen LogP contribution < -0.4 is 9.47 Å². The van der Waals surface area contributed by atoms with Gasteiger partial charge < -0.3 is 9.47 Å². The average molecular weight is 410 g/mol. The maximum absolute atomic E-state index is 6.06. The smallest absolute Gasteiger partial charge is 0.161 e. The molecule has 3 heterocycles. The lowest BCUT2D eigenvalue weighted by atomic mass is 9.90. The van der Waals surface area contributed by atoms with Crippen molar-refractivity contribution in [3.63, 3.8) is 0 Å². The number of aromatic nitrogens is 2. The summed E-state index contributed by atoms with van der Waals surface area (Å²) in [7, 11) is 0. The van der Waals surface area contributed by atoms with Crippen molar-refractivity contribution in [2.45, 2.75) is 25.3 Å². The van der Waals surface area contributed by atoms with Crippen LogP contribution in [0, 0.1) is 0 Å². The monoisotopic (exact) mass is 409 g/mol. The van der Waals surface area contributed by atoms with Crippen molar-refractivity contribution in [1.29, 1.82) is 0 Å². The molecular formula is C23H24ClN3O2. The largest absolute Gasteiger partial charge is 0.486 e. The Morgan fingerprint density at radius 1 is 1.07 bits per heavy atom. The Hall–Kier alpha value is -2.50. The third-order valence-corrected chi connectivity index (χ3v) is 6.00. The molecule has 2 aliphatic rings. The number of hydrogen-bond acceptors (Lipinski definition) is 4. The van der Waals surface area contributed by atoms with E-state index in [1.165, 1.54) is 29.7 Å². The lowest BCUT2D eigenvalue weighted by Crippen LogP contribution is -2.34. The summed E-state index contributed by atoms with van der Waals surface area (Å²) in [5, 5.41) is 8.37. The molecule has 0 radical (unpaired) electrons. The fraction of sp³-hybridized carbons (Fsp3) is 0.348. The minimum atomic E-state index is 0.439. The number of H-pyrrole nitrogens is 1. The first kappa shape index (κ1) is 18.5. The molecule has 1 aromatic heterocycles. The molecule has 2 aromatic carbocycles. The molecule has 1 atom stereocenters. The normalized spacial score (nSPS) is 19.3. The van der Waals surface area contributed by atoms with E-state index in [-0.39, 0.29) is 0 Å². The van der Waals surface area contributed by atoms with Crippen molar-refractivity contribution >= 4 is 11.6 Å². The van der Waals surface area contributed by atoms with Gasteiger partial charge in [-0.3, -0.25) is 10.00 Å². The number of hydrogen-bond donors (Lipinski definition) is 1. The lowest BCUT2D eigenvalue weighted by Gasteiger charge is -2.33. The van der Waals surface area contributed by atoms with Gasteiger partial charge in [0.1, 0.15) is 13.2 Å². The van der Waals surface area contributed by atoms with E-state index in [9.17, 15) is 0 Å². The molecule has 0 spiro atoms. The van der Waals surface area contributed by atoms with Crippen molar-refractivity contribution in [2.24, 2.45) is 0 Å². The first-order valence-corrected chi connectivity index (χ1v) is 10.5. The van der Waals surface area contributed by atoms with Crippen molar-refractivity contribution in [3.05, 3.63) is 64.9 Å². The summed E-state index contributed by atoms with van der Waals surface area (Å²) in [5.41, 5.74) is 4.81. The van der Waals surface area contributed by atoms with Crippen LogP contribution in [0.3, 0.4) is 0 Å². The van der Waals surface area contributed by atoms with Gasteiger partial charge in [-0.1, -0.05) is 29.8 Å². The van der Waals surface area contributed by atoms with Crippen LogP contribution in [0.15, 0.2) is 48.7 Å². The van der Waals surface area contributed by atoms with E-state index in [1.807, 2.05) is 24.4 Å². The molecule has 5 nitrogen and oxygen atoms in total. The zero-order chi connectivity index (χ0) is 19.6. The van der Waals surface area contributed by atoms with Gasteiger partial charge in [0.2, 0.25) is 0 Å². The third-order valence-electron chi connectivity index (χ3n) is 5.75. The molecular weight excluding hydrogens is 386 g/mol. The van der Waals surface area contributed by atoms with Gasteiger partial charge in [0.25, 0.3) is 0 Å². The Bertz CT molecular complexity index is 986. The van der Waals surface area contributed by atoms with E-state index < -0.39 is 0 Å². The molecule has 3 aromatic rings. The number of aromatic amines is 1. The SMILES string of the molecule is Clc1ccc(-c2cn[nH]c2C2CCCN(Cc3ccc4c(c3)OCCO4)C2)cc1. The van der Waals surface area contributed by atoms with Gasteiger partial charge in [-0.2, -0.15) is 5.10 Å². The number of rotatable bonds is 4. The Morgan fingerprint density at radius 2 is 1.90 bits per heavy atom. The van der Waals surface area contributed by atoms with Crippen LogP contribution in [0.5, 0.6) is 11.5 Å². The van der Waals surface area contributed by atoms with Crippen LogP contribution in [0.1, 0.15) is 30.0 Å². The summed E-state index contributed by atoms with van der Waals surface area (Å²) < 4.78 is 11.4. The maximum Gasteiger partial charge on any atom is 0.161 e. The number of likely N-dealkylation sites (tertiary alicyclic amines) is 1. The van der Waals surface area contributed by atoms with Crippen LogP contribution in [-0.4, -0.2) is 41.4 Å². The molecule has 6 heteroatoms. The van der Waals surface area contributed by atoms with Gasteiger partial charge in [0, 0.05) is 35.3 Å². The van der Waals surface area contributed by atoms with E-state index in [2.05, 4.69) is 39.4 Å². The van der Waals surface area contributed by atoms with Crippen LogP contribution in [0.4, 0.5) is 0 Å². The highest BCUT2D eigenvalue weighted by atomic mass is 35.5. The number of halogens is 1. The topological polar surface area (TPSA) is 50.4 Å². The number of ether oxygens (including phenoxy) is 2. The number of nitrogens with one attached hydrogen (secondary N) is 1. The van der Waals surface area contributed by atoms with Crippen LogP contribution in [0.2, 0.25) is 5.02 Å². The Morgan fingerprint density at radius 3 is 2.76 bits per heavy atom. The molecule has 1 unspecified atom stereocenters. The standard InChI is InChI=1S/C23H24ClN3O2/c24-19-6-4-17(5-7-19)20-13-25-26-23(20)18-2-1-9-27(15-18)14-16-3-8-21-22(12-16)29-11-10-28-21/h3-8,12-13,18H,1-2,9-11,14-15H2,(H,25,26). The number of fused-ring (bicyclic) bond motifs is 1. The fourth-order valence-corrected chi connectivity index (χ4v) is 4.47. The second-order valence-electron chi connectivity index (χ2n) is 7.76. The first-order valence-electron chi connectivity index (χ1n) is 10.2. The second kappa shape index (κ2) is 8.09. The van der Waals surface area contributed by atoms with E-state index in [0.717, 1.165) is 41.7 Å². The number of benzene rings is 2. The summed E-state index contributed by atoms with van der Waals surface area (Å²) in [6.45, 7) is 4.28.